The van der Waals surface area contributed by atoms with E-state index in [-0.39, 0.29) is 0 Å². The molecule has 21 heavy (non-hydrogen) atoms. The average Bonchev–Trinajstić information content (AvgIpc) is 2.46. The number of quaternary nitrogens is 1. The number of benzene rings is 1. The van der Waals surface area contributed by atoms with Crippen molar-refractivity contribution < 1.29 is 4.90 Å². The first-order valence-electron chi connectivity index (χ1n) is 7.75. The quantitative estimate of drug-likeness (QED) is 0.500. The van der Waals surface area contributed by atoms with Gasteiger partial charge in [0.25, 0.3) is 0 Å². The summed E-state index contributed by atoms with van der Waals surface area (Å²) in [5.74, 6) is 0. The van der Waals surface area contributed by atoms with Crippen LogP contribution in [0.25, 0.3) is 0 Å². The van der Waals surface area contributed by atoms with E-state index in [2.05, 4.69) is 67.7 Å². The number of nitrogens with one attached hydrogen (secondary N) is 3. The minimum absolute atomic E-state index is 0.694. The molecule has 0 heterocycles. The average molecular weight is 310 g/mol. The maximum atomic E-state index is 5.31. The van der Waals surface area contributed by atoms with Crippen molar-refractivity contribution in [1.29, 1.82) is 0 Å². The van der Waals surface area contributed by atoms with Gasteiger partial charge in [-0.1, -0.05) is 0 Å². The molecule has 118 valence electrons. The molecule has 0 aliphatic carbocycles. The molecule has 3 N–H and O–H groups in total. The highest BCUT2D eigenvalue weighted by atomic mass is 32.1. The Hall–Kier alpha value is -1.33. The zero-order chi connectivity index (χ0) is 15.7. The van der Waals surface area contributed by atoms with Crippen LogP contribution in [0.2, 0.25) is 0 Å². The van der Waals surface area contributed by atoms with Crippen LogP contribution in [-0.4, -0.2) is 45.4 Å². The summed E-state index contributed by atoms with van der Waals surface area (Å²) in [6.07, 6.45) is 1.12. The van der Waals surface area contributed by atoms with Crippen LogP contribution in [0.5, 0.6) is 0 Å². The SMILES string of the molecule is CCN(CC)c1ccc(NC(=S)NCCC[NH+](C)C)cc1. The lowest BCUT2D eigenvalue weighted by Crippen LogP contribution is -3.05. The van der Waals surface area contributed by atoms with E-state index in [1.807, 2.05) is 0 Å². The van der Waals surface area contributed by atoms with Gasteiger partial charge < -0.3 is 20.4 Å². The molecule has 0 saturated carbocycles. The molecule has 0 radical (unpaired) electrons. The Bertz CT molecular complexity index is 413. The molecule has 1 aromatic carbocycles. The summed E-state index contributed by atoms with van der Waals surface area (Å²) >= 11 is 5.31. The van der Waals surface area contributed by atoms with Gasteiger partial charge in [0.1, 0.15) is 0 Å². The minimum atomic E-state index is 0.694. The van der Waals surface area contributed by atoms with Crippen LogP contribution < -0.4 is 20.4 Å². The number of nitrogens with zero attached hydrogens (tertiary/aromatic N) is 1. The maximum Gasteiger partial charge on any atom is 0.170 e. The smallest absolute Gasteiger partial charge is 0.170 e. The van der Waals surface area contributed by atoms with Crippen LogP contribution in [0.3, 0.4) is 0 Å². The second-order valence-corrected chi connectivity index (χ2v) is 5.82. The third-order valence-electron chi connectivity index (χ3n) is 3.39. The highest BCUT2D eigenvalue weighted by Gasteiger charge is 2.02. The molecule has 0 saturated heterocycles. The van der Waals surface area contributed by atoms with Crippen LogP contribution in [0, 0.1) is 0 Å². The van der Waals surface area contributed by atoms with E-state index in [1.165, 1.54) is 10.6 Å². The van der Waals surface area contributed by atoms with Crippen LogP contribution in [0.1, 0.15) is 20.3 Å². The van der Waals surface area contributed by atoms with E-state index < -0.39 is 0 Å². The molecule has 0 aromatic heterocycles. The summed E-state index contributed by atoms with van der Waals surface area (Å²) in [5.41, 5.74) is 2.28. The predicted molar refractivity (Wildman–Crippen MR) is 96.5 cm³/mol. The van der Waals surface area contributed by atoms with E-state index in [1.54, 1.807) is 0 Å². The van der Waals surface area contributed by atoms with Gasteiger partial charge >= 0.3 is 0 Å². The Morgan fingerprint density at radius 2 is 1.76 bits per heavy atom. The molecule has 0 bridgehead atoms. The Kier molecular flexibility index (Phi) is 8.08. The topological polar surface area (TPSA) is 31.7 Å². The summed E-state index contributed by atoms with van der Waals surface area (Å²) in [6.45, 7) is 8.45. The van der Waals surface area contributed by atoms with Crippen molar-refractivity contribution in [3.05, 3.63) is 24.3 Å². The fourth-order valence-corrected chi connectivity index (χ4v) is 2.38. The first-order chi connectivity index (χ1) is 10.1. The molecular weight excluding hydrogens is 280 g/mol. The zero-order valence-corrected chi connectivity index (χ0v) is 14.5. The van der Waals surface area contributed by atoms with Gasteiger partial charge in [-0.2, -0.15) is 0 Å². The van der Waals surface area contributed by atoms with E-state index in [4.69, 9.17) is 12.2 Å². The number of rotatable bonds is 8. The molecule has 4 nitrogen and oxygen atoms in total. The van der Waals surface area contributed by atoms with Gasteiger partial charge in [-0.25, -0.2) is 0 Å². The Labute approximate surface area is 134 Å². The minimum Gasteiger partial charge on any atom is -0.372 e. The lowest BCUT2D eigenvalue weighted by atomic mass is 10.2. The van der Waals surface area contributed by atoms with Gasteiger partial charge in [-0.3, -0.25) is 0 Å². The third-order valence-corrected chi connectivity index (χ3v) is 3.64. The molecule has 5 heteroatoms. The normalized spacial score (nSPS) is 10.5. The van der Waals surface area contributed by atoms with Crippen molar-refractivity contribution in [1.82, 2.24) is 5.32 Å². The predicted octanol–water partition coefficient (Wildman–Crippen LogP) is 1.35. The fraction of sp³-hybridized carbons (Fsp3) is 0.562. The number of hydrogen-bond acceptors (Lipinski definition) is 2. The Balaban J connectivity index is 2.39. The lowest BCUT2D eigenvalue weighted by molar-refractivity contribution is -0.858. The van der Waals surface area contributed by atoms with Gasteiger partial charge in [-0.05, 0) is 50.3 Å². The van der Waals surface area contributed by atoms with Gasteiger partial charge in [0.2, 0.25) is 0 Å². The van der Waals surface area contributed by atoms with Crippen molar-refractivity contribution in [2.45, 2.75) is 20.3 Å². The second kappa shape index (κ2) is 9.58. The van der Waals surface area contributed by atoms with Crippen molar-refractivity contribution in [3.8, 4) is 0 Å². The largest absolute Gasteiger partial charge is 0.372 e. The molecule has 1 rings (SSSR count). The van der Waals surface area contributed by atoms with Crippen LogP contribution in [-0.2, 0) is 0 Å². The van der Waals surface area contributed by atoms with Crippen LogP contribution >= 0.6 is 12.2 Å². The fourth-order valence-electron chi connectivity index (χ4n) is 2.16. The summed E-state index contributed by atoms with van der Waals surface area (Å²) < 4.78 is 0. The molecule has 0 unspecified atom stereocenters. The van der Waals surface area contributed by atoms with Gasteiger partial charge in [0.05, 0.1) is 20.6 Å². The van der Waals surface area contributed by atoms with Crippen molar-refractivity contribution in [2.75, 3.05) is 50.5 Å². The van der Waals surface area contributed by atoms with Crippen LogP contribution in [0.15, 0.2) is 24.3 Å². The third kappa shape index (κ3) is 6.78. The summed E-state index contributed by atoms with van der Waals surface area (Å²) in [5, 5.41) is 7.16. The van der Waals surface area contributed by atoms with E-state index >= 15 is 0 Å². The highest BCUT2D eigenvalue weighted by molar-refractivity contribution is 7.80. The summed E-state index contributed by atoms with van der Waals surface area (Å²) in [6, 6.07) is 8.41. The van der Waals surface area contributed by atoms with Crippen molar-refractivity contribution >= 4 is 28.7 Å². The number of hydrogen-bond donors (Lipinski definition) is 3. The molecule has 0 amide bonds. The Morgan fingerprint density at radius 3 is 2.29 bits per heavy atom. The molecule has 0 spiro atoms. The standard InChI is InChI=1S/C16H28N4S/c1-5-20(6-2)15-10-8-14(9-11-15)18-16(21)17-12-7-13-19(3)4/h8-11H,5-7,12-13H2,1-4H3,(H2,17,18,21)/p+1. The van der Waals surface area contributed by atoms with Gasteiger partial charge in [0, 0.05) is 37.4 Å². The molecule has 0 atom stereocenters. The van der Waals surface area contributed by atoms with Crippen LogP contribution in [0.4, 0.5) is 11.4 Å². The zero-order valence-electron chi connectivity index (χ0n) is 13.7. The molecule has 0 fully saturated rings. The Morgan fingerprint density at radius 1 is 1.14 bits per heavy atom. The molecule has 1 aromatic rings. The highest BCUT2D eigenvalue weighted by Crippen LogP contribution is 2.17. The second-order valence-electron chi connectivity index (χ2n) is 5.41. The first kappa shape index (κ1) is 17.7. The summed E-state index contributed by atoms with van der Waals surface area (Å²) in [7, 11) is 4.32. The van der Waals surface area contributed by atoms with E-state index in [0.29, 0.717) is 5.11 Å². The van der Waals surface area contributed by atoms with Gasteiger partial charge in [-0.15, -0.1) is 0 Å². The van der Waals surface area contributed by atoms with E-state index in [9.17, 15) is 0 Å². The molecule has 0 aliphatic heterocycles. The molecule has 0 aliphatic rings. The first-order valence-corrected chi connectivity index (χ1v) is 8.16. The van der Waals surface area contributed by atoms with E-state index in [0.717, 1.165) is 38.3 Å². The number of anilines is 2. The number of thiocarbonyl (C=S) groups is 1. The molecular formula is C16H29N4S+. The maximum absolute atomic E-state index is 5.31. The van der Waals surface area contributed by atoms with Crippen molar-refractivity contribution in [3.63, 3.8) is 0 Å². The lowest BCUT2D eigenvalue weighted by Gasteiger charge is -2.21. The monoisotopic (exact) mass is 309 g/mol. The van der Waals surface area contributed by atoms with Crippen molar-refractivity contribution in [2.24, 2.45) is 0 Å². The summed E-state index contributed by atoms with van der Waals surface area (Å²) in [4.78, 5) is 3.78. The van der Waals surface area contributed by atoms with Gasteiger partial charge in [0.15, 0.2) is 5.11 Å².